The van der Waals surface area contributed by atoms with Crippen LogP contribution in [0.1, 0.15) is 54.4 Å². The van der Waals surface area contributed by atoms with Gasteiger partial charge < -0.3 is 0 Å². The molecule has 0 bridgehead atoms. The number of ketones is 2. The van der Waals surface area contributed by atoms with E-state index in [9.17, 15) is 9.59 Å². The highest BCUT2D eigenvalue weighted by atomic mass is 16.2. The van der Waals surface area contributed by atoms with E-state index in [1.165, 1.54) is 5.56 Å². The Balaban J connectivity index is 2.04. The molecule has 2 aliphatic rings. The third-order valence-electron chi connectivity index (χ3n) is 5.44. The molecule has 0 saturated heterocycles. The molecule has 1 aromatic carbocycles. The molecule has 4 atom stereocenters. The van der Waals surface area contributed by atoms with Crippen LogP contribution in [0.5, 0.6) is 0 Å². The Morgan fingerprint density at radius 2 is 1.48 bits per heavy atom. The molecule has 4 unspecified atom stereocenters. The normalized spacial score (nSPS) is 32.4. The third kappa shape index (κ3) is 2.25. The minimum absolute atomic E-state index is 0.0150. The average Bonchev–Trinajstić information content (AvgIpc) is 2.62. The number of carbonyl (C=O) groups is 2. The van der Waals surface area contributed by atoms with E-state index >= 15 is 0 Å². The van der Waals surface area contributed by atoms with Gasteiger partial charge in [-0.3, -0.25) is 9.59 Å². The van der Waals surface area contributed by atoms with Gasteiger partial charge in [0.1, 0.15) is 5.92 Å². The fraction of sp³-hybridized carbons (Fsp3) is 0.579. The minimum atomic E-state index is -0.495. The van der Waals surface area contributed by atoms with Crippen molar-refractivity contribution in [2.75, 3.05) is 0 Å². The molecule has 112 valence electrons. The number of hydrogen-bond donors (Lipinski definition) is 0. The third-order valence-corrected chi connectivity index (χ3v) is 5.44. The molecule has 2 nitrogen and oxygen atoms in total. The molecule has 3 rings (SSSR count). The Bertz CT molecular complexity index is 591. The van der Waals surface area contributed by atoms with Crippen LogP contribution in [0.25, 0.3) is 0 Å². The smallest absolute Gasteiger partial charge is 0.151 e. The first-order chi connectivity index (χ1) is 9.90. The molecular formula is C19H24O2. The van der Waals surface area contributed by atoms with Crippen molar-refractivity contribution in [1.29, 1.82) is 0 Å². The van der Waals surface area contributed by atoms with Gasteiger partial charge in [0, 0.05) is 11.8 Å². The number of aryl methyl sites for hydroxylation is 3. The quantitative estimate of drug-likeness (QED) is 0.733. The second-order valence-corrected chi connectivity index (χ2v) is 7.18. The van der Waals surface area contributed by atoms with Gasteiger partial charge in [0.15, 0.2) is 11.6 Å². The molecule has 0 amide bonds. The zero-order valence-corrected chi connectivity index (χ0v) is 13.4. The van der Waals surface area contributed by atoms with E-state index in [0.717, 1.165) is 36.0 Å². The van der Waals surface area contributed by atoms with Crippen molar-refractivity contribution in [1.82, 2.24) is 0 Å². The summed E-state index contributed by atoms with van der Waals surface area (Å²) in [7, 11) is 0. The maximum Gasteiger partial charge on any atom is 0.151 e. The molecule has 21 heavy (non-hydrogen) atoms. The number of Topliss-reactive ketones (excluding diaryl/α,β-unsaturated/α-hetero) is 2. The largest absolute Gasteiger partial charge is 0.298 e. The number of carbonyl (C=O) groups excluding carboxylic acids is 2. The van der Waals surface area contributed by atoms with Crippen molar-refractivity contribution >= 4 is 11.6 Å². The predicted octanol–water partition coefficient (Wildman–Crippen LogP) is 3.90. The lowest BCUT2D eigenvalue weighted by atomic mass is 9.76. The van der Waals surface area contributed by atoms with Gasteiger partial charge in [0.25, 0.3) is 0 Å². The van der Waals surface area contributed by atoms with Crippen molar-refractivity contribution in [2.24, 2.45) is 17.8 Å². The standard InChI is InChI=1S/C19H24O2/c1-10-5-6-14-15(9-10)19(21)17(18(14)20)16-12(3)7-11(2)8-13(16)4/h7-8,10,14-15,17H,5-6,9H2,1-4H3. The van der Waals surface area contributed by atoms with Gasteiger partial charge in [0.2, 0.25) is 0 Å². The highest BCUT2D eigenvalue weighted by molar-refractivity contribution is 6.16. The molecule has 2 aliphatic carbocycles. The van der Waals surface area contributed by atoms with E-state index < -0.39 is 5.92 Å². The van der Waals surface area contributed by atoms with Crippen molar-refractivity contribution < 1.29 is 9.59 Å². The molecule has 0 radical (unpaired) electrons. The summed E-state index contributed by atoms with van der Waals surface area (Å²) < 4.78 is 0. The topological polar surface area (TPSA) is 34.1 Å². The van der Waals surface area contributed by atoms with E-state index in [4.69, 9.17) is 0 Å². The lowest BCUT2D eigenvalue weighted by Crippen LogP contribution is -2.25. The summed E-state index contributed by atoms with van der Waals surface area (Å²) in [5.74, 6) is 0.413. The summed E-state index contributed by atoms with van der Waals surface area (Å²) in [6.45, 7) is 8.31. The fourth-order valence-electron chi connectivity index (χ4n) is 4.54. The summed E-state index contributed by atoms with van der Waals surface area (Å²) >= 11 is 0. The van der Waals surface area contributed by atoms with Gasteiger partial charge in [-0.15, -0.1) is 0 Å². The van der Waals surface area contributed by atoms with Crippen molar-refractivity contribution in [3.63, 3.8) is 0 Å². The van der Waals surface area contributed by atoms with Gasteiger partial charge in [-0.1, -0.05) is 24.6 Å². The van der Waals surface area contributed by atoms with Crippen molar-refractivity contribution in [3.8, 4) is 0 Å². The summed E-state index contributed by atoms with van der Waals surface area (Å²) in [4.78, 5) is 25.7. The van der Waals surface area contributed by atoms with E-state index in [1.807, 2.05) is 13.8 Å². The van der Waals surface area contributed by atoms with E-state index in [1.54, 1.807) is 0 Å². The highest BCUT2D eigenvalue weighted by Gasteiger charge is 2.51. The lowest BCUT2D eigenvalue weighted by Gasteiger charge is -2.27. The first-order valence-electron chi connectivity index (χ1n) is 8.05. The summed E-state index contributed by atoms with van der Waals surface area (Å²) in [6.07, 6.45) is 2.88. The number of rotatable bonds is 1. The maximum atomic E-state index is 12.9. The fourth-order valence-corrected chi connectivity index (χ4v) is 4.54. The van der Waals surface area contributed by atoms with Crippen LogP contribution in [-0.2, 0) is 9.59 Å². The Morgan fingerprint density at radius 1 is 0.905 bits per heavy atom. The first kappa shape index (κ1) is 14.5. The Morgan fingerprint density at radius 3 is 2.10 bits per heavy atom. The van der Waals surface area contributed by atoms with Gasteiger partial charge in [-0.2, -0.15) is 0 Å². The number of benzene rings is 1. The van der Waals surface area contributed by atoms with Crippen LogP contribution >= 0.6 is 0 Å². The van der Waals surface area contributed by atoms with Gasteiger partial charge >= 0.3 is 0 Å². The van der Waals surface area contributed by atoms with E-state index in [2.05, 4.69) is 26.0 Å². The molecular weight excluding hydrogens is 260 g/mol. The van der Waals surface area contributed by atoms with Gasteiger partial charge in [-0.25, -0.2) is 0 Å². The predicted molar refractivity (Wildman–Crippen MR) is 83.4 cm³/mol. The summed E-state index contributed by atoms with van der Waals surface area (Å²) in [6, 6.07) is 4.18. The molecule has 2 saturated carbocycles. The molecule has 0 heterocycles. The zero-order chi connectivity index (χ0) is 15.3. The van der Waals surface area contributed by atoms with E-state index in [0.29, 0.717) is 5.92 Å². The molecule has 0 aliphatic heterocycles. The highest BCUT2D eigenvalue weighted by Crippen LogP contribution is 2.47. The Labute approximate surface area is 126 Å². The zero-order valence-electron chi connectivity index (χ0n) is 13.4. The molecule has 0 spiro atoms. The lowest BCUT2D eigenvalue weighted by molar-refractivity contribution is -0.125. The van der Waals surface area contributed by atoms with Crippen molar-refractivity contribution in [3.05, 3.63) is 34.4 Å². The van der Waals surface area contributed by atoms with Crippen LogP contribution in [0, 0.1) is 38.5 Å². The van der Waals surface area contributed by atoms with Crippen LogP contribution in [0.2, 0.25) is 0 Å². The second kappa shape index (κ2) is 5.08. The molecule has 0 N–H and O–H groups in total. The Kier molecular flexibility index (Phi) is 3.51. The van der Waals surface area contributed by atoms with Crippen LogP contribution in [-0.4, -0.2) is 11.6 Å². The van der Waals surface area contributed by atoms with Crippen LogP contribution in [0.15, 0.2) is 12.1 Å². The average molecular weight is 284 g/mol. The molecule has 0 aromatic heterocycles. The first-order valence-corrected chi connectivity index (χ1v) is 8.05. The number of fused-ring (bicyclic) bond motifs is 1. The summed E-state index contributed by atoms with van der Waals surface area (Å²) in [5.41, 5.74) is 4.35. The Hall–Kier alpha value is -1.44. The minimum Gasteiger partial charge on any atom is -0.298 e. The monoisotopic (exact) mass is 284 g/mol. The van der Waals surface area contributed by atoms with Gasteiger partial charge in [-0.05, 0) is 62.6 Å². The molecule has 1 aromatic rings. The van der Waals surface area contributed by atoms with Crippen LogP contribution in [0.4, 0.5) is 0 Å². The van der Waals surface area contributed by atoms with Crippen LogP contribution < -0.4 is 0 Å². The maximum absolute atomic E-state index is 12.9. The van der Waals surface area contributed by atoms with Crippen molar-refractivity contribution in [2.45, 2.75) is 52.9 Å². The van der Waals surface area contributed by atoms with Gasteiger partial charge in [0.05, 0.1) is 0 Å². The van der Waals surface area contributed by atoms with Crippen LogP contribution in [0.3, 0.4) is 0 Å². The van der Waals surface area contributed by atoms with E-state index in [-0.39, 0.29) is 23.4 Å². The SMILES string of the molecule is Cc1cc(C)c(C2C(=O)C3CCC(C)CC3C2=O)c(C)c1. The summed E-state index contributed by atoms with van der Waals surface area (Å²) in [5, 5.41) is 0. The molecule has 2 fully saturated rings. The second-order valence-electron chi connectivity index (χ2n) is 7.18. The number of hydrogen-bond acceptors (Lipinski definition) is 2. The molecule has 2 heteroatoms.